The molecular weight excluding hydrogens is 354 g/mol. The average Bonchev–Trinajstić information content (AvgIpc) is 3.19. The lowest BCUT2D eigenvalue weighted by Gasteiger charge is -2.17. The SMILES string of the molecule is CCNCc1cccc(NC(=O)C(CC)Nc2nnnn2-c2ccccc2)c1. The Morgan fingerprint density at radius 3 is 2.68 bits per heavy atom. The summed E-state index contributed by atoms with van der Waals surface area (Å²) in [4.78, 5) is 12.8. The summed E-state index contributed by atoms with van der Waals surface area (Å²) in [5.74, 6) is 0.291. The first kappa shape index (κ1) is 19.5. The molecule has 3 rings (SSSR count). The maximum absolute atomic E-state index is 12.8. The van der Waals surface area contributed by atoms with Crippen LogP contribution in [0.25, 0.3) is 5.69 Å². The van der Waals surface area contributed by atoms with Gasteiger partial charge in [-0.15, -0.1) is 0 Å². The van der Waals surface area contributed by atoms with E-state index in [9.17, 15) is 4.79 Å². The highest BCUT2D eigenvalue weighted by molar-refractivity contribution is 5.96. The van der Waals surface area contributed by atoms with Gasteiger partial charge in [0.05, 0.1) is 5.69 Å². The van der Waals surface area contributed by atoms with E-state index < -0.39 is 6.04 Å². The topological polar surface area (TPSA) is 96.8 Å². The summed E-state index contributed by atoms with van der Waals surface area (Å²) in [6, 6.07) is 16.9. The van der Waals surface area contributed by atoms with Crippen molar-refractivity contribution in [3.05, 3.63) is 60.2 Å². The van der Waals surface area contributed by atoms with Crippen molar-refractivity contribution in [1.29, 1.82) is 0 Å². The summed E-state index contributed by atoms with van der Waals surface area (Å²) in [7, 11) is 0. The van der Waals surface area contributed by atoms with E-state index in [2.05, 4.69) is 38.4 Å². The molecule has 0 saturated heterocycles. The predicted octanol–water partition coefficient (Wildman–Crippen LogP) is 2.60. The highest BCUT2D eigenvalue weighted by atomic mass is 16.2. The number of nitrogens with zero attached hydrogens (tertiary/aromatic N) is 4. The highest BCUT2D eigenvalue weighted by Gasteiger charge is 2.20. The van der Waals surface area contributed by atoms with Gasteiger partial charge in [-0.2, -0.15) is 4.68 Å². The van der Waals surface area contributed by atoms with Gasteiger partial charge in [0, 0.05) is 12.2 Å². The van der Waals surface area contributed by atoms with Crippen molar-refractivity contribution in [3.63, 3.8) is 0 Å². The molecule has 8 nitrogen and oxygen atoms in total. The van der Waals surface area contributed by atoms with Crippen LogP contribution in [-0.2, 0) is 11.3 Å². The smallest absolute Gasteiger partial charge is 0.248 e. The van der Waals surface area contributed by atoms with Crippen LogP contribution in [0.1, 0.15) is 25.8 Å². The Morgan fingerprint density at radius 2 is 1.93 bits per heavy atom. The molecule has 2 aromatic carbocycles. The van der Waals surface area contributed by atoms with Crippen LogP contribution in [0.4, 0.5) is 11.6 Å². The zero-order chi connectivity index (χ0) is 19.8. The van der Waals surface area contributed by atoms with Gasteiger partial charge >= 0.3 is 0 Å². The molecule has 0 fully saturated rings. The van der Waals surface area contributed by atoms with Gasteiger partial charge in [-0.3, -0.25) is 4.79 Å². The van der Waals surface area contributed by atoms with Crippen LogP contribution in [-0.4, -0.2) is 38.7 Å². The van der Waals surface area contributed by atoms with Crippen LogP contribution in [0.2, 0.25) is 0 Å². The average molecular weight is 379 g/mol. The molecule has 0 spiro atoms. The van der Waals surface area contributed by atoms with Crippen molar-refractivity contribution >= 4 is 17.5 Å². The zero-order valence-electron chi connectivity index (χ0n) is 16.1. The molecule has 0 saturated carbocycles. The Bertz CT molecular complexity index is 894. The van der Waals surface area contributed by atoms with Crippen molar-refractivity contribution in [2.24, 2.45) is 0 Å². The van der Waals surface area contributed by atoms with Crippen molar-refractivity contribution in [3.8, 4) is 5.69 Å². The van der Waals surface area contributed by atoms with Crippen molar-refractivity contribution < 1.29 is 4.79 Å². The van der Waals surface area contributed by atoms with E-state index >= 15 is 0 Å². The zero-order valence-corrected chi connectivity index (χ0v) is 16.1. The third-order valence-electron chi connectivity index (χ3n) is 4.27. The van der Waals surface area contributed by atoms with Crippen LogP contribution in [0.3, 0.4) is 0 Å². The number of hydrogen-bond donors (Lipinski definition) is 3. The third-order valence-corrected chi connectivity index (χ3v) is 4.27. The van der Waals surface area contributed by atoms with E-state index in [4.69, 9.17) is 0 Å². The molecule has 1 unspecified atom stereocenters. The van der Waals surface area contributed by atoms with Gasteiger partial charge in [-0.1, -0.05) is 49.3 Å². The largest absolute Gasteiger partial charge is 0.341 e. The fourth-order valence-electron chi connectivity index (χ4n) is 2.79. The molecule has 0 aliphatic heterocycles. The first-order valence-electron chi connectivity index (χ1n) is 9.42. The number of aromatic nitrogens is 4. The number of anilines is 2. The molecule has 0 aliphatic rings. The Labute approximate surface area is 164 Å². The monoisotopic (exact) mass is 379 g/mol. The molecule has 3 N–H and O–H groups in total. The van der Waals surface area contributed by atoms with E-state index in [1.54, 1.807) is 4.68 Å². The van der Waals surface area contributed by atoms with Gasteiger partial charge in [0.1, 0.15) is 6.04 Å². The number of tetrazole rings is 1. The minimum atomic E-state index is -0.467. The summed E-state index contributed by atoms with van der Waals surface area (Å²) < 4.78 is 1.58. The molecule has 0 aliphatic carbocycles. The van der Waals surface area contributed by atoms with Crippen LogP contribution in [0.5, 0.6) is 0 Å². The van der Waals surface area contributed by atoms with E-state index in [1.165, 1.54) is 0 Å². The van der Waals surface area contributed by atoms with Gasteiger partial charge in [0.25, 0.3) is 0 Å². The predicted molar refractivity (Wildman–Crippen MR) is 109 cm³/mol. The lowest BCUT2D eigenvalue weighted by Crippen LogP contribution is -2.35. The van der Waals surface area contributed by atoms with E-state index in [-0.39, 0.29) is 5.91 Å². The normalized spacial score (nSPS) is 11.8. The van der Waals surface area contributed by atoms with Gasteiger partial charge in [0.15, 0.2) is 0 Å². The quantitative estimate of drug-likeness (QED) is 0.529. The van der Waals surface area contributed by atoms with E-state index in [1.807, 2.05) is 61.5 Å². The van der Waals surface area contributed by atoms with E-state index in [0.29, 0.717) is 12.4 Å². The Hall–Kier alpha value is -3.26. The number of amides is 1. The molecule has 1 atom stereocenters. The lowest BCUT2D eigenvalue weighted by atomic mass is 10.1. The number of carbonyl (C=O) groups is 1. The van der Waals surface area contributed by atoms with E-state index in [0.717, 1.165) is 30.0 Å². The first-order valence-corrected chi connectivity index (χ1v) is 9.42. The summed E-state index contributed by atoms with van der Waals surface area (Å²) in [5.41, 5.74) is 2.71. The molecular formula is C20H25N7O. The molecule has 3 aromatic rings. The maximum atomic E-state index is 12.8. The third kappa shape index (κ3) is 4.92. The second kappa shape index (κ2) is 9.61. The van der Waals surface area contributed by atoms with Crippen LogP contribution >= 0.6 is 0 Å². The van der Waals surface area contributed by atoms with Gasteiger partial charge < -0.3 is 16.0 Å². The molecule has 0 radical (unpaired) electrons. The number of rotatable bonds is 9. The number of para-hydroxylation sites is 1. The van der Waals surface area contributed by atoms with Crippen molar-refractivity contribution in [2.45, 2.75) is 32.9 Å². The Morgan fingerprint density at radius 1 is 1.11 bits per heavy atom. The fourth-order valence-corrected chi connectivity index (χ4v) is 2.79. The molecule has 146 valence electrons. The molecule has 1 aromatic heterocycles. The fraction of sp³-hybridized carbons (Fsp3) is 0.300. The number of benzene rings is 2. The van der Waals surface area contributed by atoms with Gasteiger partial charge in [-0.05, 0) is 53.2 Å². The van der Waals surface area contributed by atoms with Crippen molar-refractivity contribution in [2.75, 3.05) is 17.2 Å². The number of hydrogen-bond acceptors (Lipinski definition) is 6. The minimum absolute atomic E-state index is 0.134. The molecule has 0 bridgehead atoms. The van der Waals surface area contributed by atoms with Crippen LogP contribution in [0, 0.1) is 0 Å². The van der Waals surface area contributed by atoms with Gasteiger partial charge in [0.2, 0.25) is 11.9 Å². The molecule has 1 amide bonds. The first-order chi connectivity index (χ1) is 13.7. The molecule has 8 heteroatoms. The lowest BCUT2D eigenvalue weighted by molar-refractivity contribution is -0.117. The summed E-state index contributed by atoms with van der Waals surface area (Å²) in [5, 5.41) is 21.2. The summed E-state index contributed by atoms with van der Waals surface area (Å²) in [6.45, 7) is 5.66. The van der Waals surface area contributed by atoms with Crippen molar-refractivity contribution in [1.82, 2.24) is 25.5 Å². The summed E-state index contributed by atoms with van der Waals surface area (Å²) >= 11 is 0. The number of nitrogens with one attached hydrogen (secondary N) is 3. The second-order valence-corrected chi connectivity index (χ2v) is 6.32. The number of carbonyl (C=O) groups excluding carboxylic acids is 1. The van der Waals surface area contributed by atoms with Crippen LogP contribution < -0.4 is 16.0 Å². The summed E-state index contributed by atoms with van der Waals surface area (Å²) in [6.07, 6.45) is 0.588. The minimum Gasteiger partial charge on any atom is -0.341 e. The van der Waals surface area contributed by atoms with Gasteiger partial charge in [-0.25, -0.2) is 0 Å². The van der Waals surface area contributed by atoms with Crippen LogP contribution in [0.15, 0.2) is 54.6 Å². The molecule has 1 heterocycles. The second-order valence-electron chi connectivity index (χ2n) is 6.32. The maximum Gasteiger partial charge on any atom is 0.248 e. The molecule has 28 heavy (non-hydrogen) atoms. The Balaban J connectivity index is 1.69. The standard InChI is InChI=1S/C20H25N7O/c1-3-18(19(28)22-16-10-8-9-15(13-16)14-21-4-2)23-20-24-25-26-27(20)17-11-6-5-7-12-17/h5-13,18,21H,3-4,14H2,1-2H3,(H,22,28)(H,23,24,26). The Kier molecular flexibility index (Phi) is 6.69. The highest BCUT2D eigenvalue weighted by Crippen LogP contribution is 2.15.